The van der Waals surface area contributed by atoms with Gasteiger partial charge in [0, 0.05) is 24.0 Å². The molecule has 1 heterocycles. The van der Waals surface area contributed by atoms with Crippen LogP contribution >= 0.6 is 0 Å². The van der Waals surface area contributed by atoms with Crippen LogP contribution in [-0.4, -0.2) is 16.3 Å². The molecule has 2 aromatic rings. The Labute approximate surface area is 93.3 Å². The maximum absolute atomic E-state index is 13.7. The molecule has 16 heavy (non-hydrogen) atoms. The highest BCUT2D eigenvalue weighted by Gasteiger charge is 2.45. The predicted molar refractivity (Wildman–Crippen MR) is 60.9 cm³/mol. The Bertz CT molecular complexity index is 554. The summed E-state index contributed by atoms with van der Waals surface area (Å²) < 4.78 is 15.5. The average molecular weight is 219 g/mol. The topological polar surface area (TPSA) is 25.2 Å². The van der Waals surface area contributed by atoms with Gasteiger partial charge in [0.2, 0.25) is 0 Å². The summed E-state index contributed by atoms with van der Waals surface area (Å²) in [5.74, 6) is -0.194. The van der Waals surface area contributed by atoms with Crippen molar-refractivity contribution in [3.8, 4) is 0 Å². The van der Waals surface area contributed by atoms with Crippen molar-refractivity contribution in [3.05, 3.63) is 35.8 Å². The van der Waals surface area contributed by atoms with Gasteiger partial charge >= 0.3 is 0 Å². The van der Waals surface area contributed by atoms with E-state index in [0.29, 0.717) is 5.52 Å². The van der Waals surface area contributed by atoms with E-state index < -0.39 is 0 Å². The normalized spacial score (nSPS) is 17.9. The van der Waals surface area contributed by atoms with Crippen molar-refractivity contribution in [1.82, 2.24) is 4.57 Å². The summed E-state index contributed by atoms with van der Waals surface area (Å²) in [5, 5.41) is 10.4. The van der Waals surface area contributed by atoms with Crippen molar-refractivity contribution in [3.63, 3.8) is 0 Å². The van der Waals surface area contributed by atoms with Gasteiger partial charge in [-0.1, -0.05) is 12.1 Å². The first-order chi connectivity index (χ1) is 7.68. The van der Waals surface area contributed by atoms with Gasteiger partial charge in [-0.15, -0.1) is 0 Å². The number of para-hydroxylation sites is 1. The van der Waals surface area contributed by atoms with E-state index in [0.717, 1.165) is 23.8 Å². The Morgan fingerprint density at radius 1 is 1.44 bits per heavy atom. The van der Waals surface area contributed by atoms with Gasteiger partial charge in [0.25, 0.3) is 0 Å². The van der Waals surface area contributed by atoms with Crippen LogP contribution in [-0.2, 0) is 12.5 Å². The first-order valence-corrected chi connectivity index (χ1v) is 5.53. The summed E-state index contributed by atoms with van der Waals surface area (Å²) >= 11 is 0. The molecule has 1 aliphatic carbocycles. The van der Waals surface area contributed by atoms with E-state index in [1.165, 1.54) is 6.07 Å². The summed E-state index contributed by atoms with van der Waals surface area (Å²) in [6.07, 6.45) is 3.95. The molecule has 1 aromatic heterocycles. The molecule has 0 radical (unpaired) electrons. The van der Waals surface area contributed by atoms with Gasteiger partial charge in [-0.2, -0.15) is 0 Å². The molecular weight excluding hydrogens is 205 g/mol. The van der Waals surface area contributed by atoms with Crippen LogP contribution in [0.4, 0.5) is 4.39 Å². The second kappa shape index (κ2) is 3.08. The Balaban J connectivity index is 2.31. The zero-order valence-electron chi connectivity index (χ0n) is 9.20. The van der Waals surface area contributed by atoms with E-state index in [9.17, 15) is 9.50 Å². The van der Waals surface area contributed by atoms with Gasteiger partial charge in [-0.05, 0) is 24.5 Å². The molecule has 1 saturated carbocycles. The lowest BCUT2D eigenvalue weighted by atomic mass is 9.96. The van der Waals surface area contributed by atoms with E-state index in [-0.39, 0.29) is 17.8 Å². The summed E-state index contributed by atoms with van der Waals surface area (Å²) in [5.41, 5.74) is 1.62. The van der Waals surface area contributed by atoms with E-state index >= 15 is 0 Å². The Hall–Kier alpha value is -1.35. The SMILES string of the molecule is Cn1cc(C2(CO)CC2)c2cccc(F)c21. The van der Waals surface area contributed by atoms with Crippen molar-refractivity contribution in [2.45, 2.75) is 18.3 Å². The van der Waals surface area contributed by atoms with Crippen molar-refractivity contribution in [2.75, 3.05) is 6.61 Å². The van der Waals surface area contributed by atoms with Gasteiger partial charge in [0.15, 0.2) is 0 Å². The Morgan fingerprint density at radius 2 is 2.19 bits per heavy atom. The molecule has 0 saturated heterocycles. The third-order valence-corrected chi connectivity index (χ3v) is 3.68. The number of rotatable bonds is 2. The summed E-state index contributed by atoms with van der Waals surface area (Å²) in [6.45, 7) is 0.155. The lowest BCUT2D eigenvalue weighted by molar-refractivity contribution is 0.255. The fourth-order valence-electron chi connectivity index (χ4n) is 2.51. The molecule has 1 aliphatic rings. The minimum Gasteiger partial charge on any atom is -0.395 e. The minimum absolute atomic E-state index is 0.104. The minimum atomic E-state index is -0.194. The zero-order valence-corrected chi connectivity index (χ0v) is 9.20. The zero-order chi connectivity index (χ0) is 11.3. The number of fused-ring (bicyclic) bond motifs is 1. The number of benzene rings is 1. The smallest absolute Gasteiger partial charge is 0.147 e. The van der Waals surface area contributed by atoms with Crippen molar-refractivity contribution >= 4 is 10.9 Å². The molecule has 2 nitrogen and oxygen atoms in total. The van der Waals surface area contributed by atoms with Crippen LogP contribution in [0.15, 0.2) is 24.4 Å². The second-order valence-corrected chi connectivity index (χ2v) is 4.73. The molecule has 1 aromatic carbocycles. The molecule has 0 spiro atoms. The number of nitrogens with zero attached hydrogens (tertiary/aromatic N) is 1. The van der Waals surface area contributed by atoms with Gasteiger partial charge in [0.05, 0.1) is 12.1 Å². The van der Waals surface area contributed by atoms with Crippen LogP contribution in [0.5, 0.6) is 0 Å². The van der Waals surface area contributed by atoms with Gasteiger partial charge in [-0.3, -0.25) is 0 Å². The number of aliphatic hydroxyl groups is 1. The Morgan fingerprint density at radius 3 is 2.81 bits per heavy atom. The molecule has 0 bridgehead atoms. The monoisotopic (exact) mass is 219 g/mol. The average Bonchev–Trinajstić information content (AvgIpc) is 2.99. The Kier molecular flexibility index (Phi) is 1.89. The van der Waals surface area contributed by atoms with Crippen LogP contribution in [0.2, 0.25) is 0 Å². The number of aromatic nitrogens is 1. The molecule has 0 amide bonds. The van der Waals surface area contributed by atoms with Gasteiger partial charge in [0.1, 0.15) is 5.82 Å². The van der Waals surface area contributed by atoms with Crippen LogP contribution in [0.3, 0.4) is 0 Å². The van der Waals surface area contributed by atoms with Crippen LogP contribution < -0.4 is 0 Å². The lowest BCUT2D eigenvalue weighted by Gasteiger charge is -2.09. The van der Waals surface area contributed by atoms with E-state index in [1.54, 1.807) is 6.07 Å². The lowest BCUT2D eigenvalue weighted by Crippen LogP contribution is -2.11. The fraction of sp³-hybridized carbons (Fsp3) is 0.385. The number of hydrogen-bond donors (Lipinski definition) is 1. The molecule has 0 aliphatic heterocycles. The number of aliphatic hydroxyl groups excluding tert-OH is 1. The fourth-order valence-corrected chi connectivity index (χ4v) is 2.51. The summed E-state index contributed by atoms with van der Waals surface area (Å²) in [7, 11) is 1.85. The van der Waals surface area contributed by atoms with Crippen LogP contribution in [0.1, 0.15) is 18.4 Å². The van der Waals surface area contributed by atoms with E-state index in [4.69, 9.17) is 0 Å². The third-order valence-electron chi connectivity index (χ3n) is 3.68. The third kappa shape index (κ3) is 1.15. The number of aryl methyl sites for hydroxylation is 1. The molecule has 1 N–H and O–H groups in total. The van der Waals surface area contributed by atoms with Crippen LogP contribution in [0, 0.1) is 5.82 Å². The summed E-state index contributed by atoms with van der Waals surface area (Å²) in [6, 6.07) is 5.14. The van der Waals surface area contributed by atoms with Crippen molar-refractivity contribution in [1.29, 1.82) is 0 Å². The van der Waals surface area contributed by atoms with E-state index in [1.807, 2.05) is 23.9 Å². The highest BCUT2D eigenvalue weighted by atomic mass is 19.1. The largest absolute Gasteiger partial charge is 0.395 e. The first-order valence-electron chi connectivity index (χ1n) is 5.53. The predicted octanol–water partition coefficient (Wildman–Crippen LogP) is 2.34. The molecule has 0 atom stereocenters. The molecule has 3 rings (SSSR count). The quantitative estimate of drug-likeness (QED) is 0.824. The molecular formula is C13H14FNO. The molecule has 3 heteroatoms. The number of halogens is 1. The second-order valence-electron chi connectivity index (χ2n) is 4.73. The van der Waals surface area contributed by atoms with Gasteiger partial charge < -0.3 is 9.67 Å². The standard InChI is InChI=1S/C13H14FNO/c1-15-7-10(13(8-16)5-6-13)9-3-2-4-11(14)12(9)15/h2-4,7,16H,5-6,8H2,1H3. The highest BCUT2D eigenvalue weighted by Crippen LogP contribution is 2.50. The van der Waals surface area contributed by atoms with Crippen molar-refractivity contribution in [2.24, 2.45) is 7.05 Å². The summed E-state index contributed by atoms with van der Waals surface area (Å²) in [4.78, 5) is 0. The maximum atomic E-state index is 13.7. The molecule has 84 valence electrons. The maximum Gasteiger partial charge on any atom is 0.147 e. The highest BCUT2D eigenvalue weighted by molar-refractivity contribution is 5.86. The number of hydrogen-bond acceptors (Lipinski definition) is 1. The van der Waals surface area contributed by atoms with Crippen molar-refractivity contribution < 1.29 is 9.50 Å². The first kappa shape index (κ1) is 9.85. The van der Waals surface area contributed by atoms with E-state index in [2.05, 4.69) is 0 Å². The molecule has 0 unspecified atom stereocenters. The molecule has 1 fully saturated rings. The van der Waals surface area contributed by atoms with Gasteiger partial charge in [-0.25, -0.2) is 4.39 Å². The van der Waals surface area contributed by atoms with Crippen LogP contribution in [0.25, 0.3) is 10.9 Å².